The van der Waals surface area contributed by atoms with Crippen molar-refractivity contribution < 1.29 is 14.7 Å². The Morgan fingerprint density at radius 2 is 2.43 bits per heavy atom. The van der Waals surface area contributed by atoms with Crippen molar-refractivity contribution >= 4 is 17.6 Å². The first kappa shape index (κ1) is 15.5. The van der Waals surface area contributed by atoms with Gasteiger partial charge in [-0.15, -0.1) is 0 Å². The summed E-state index contributed by atoms with van der Waals surface area (Å²) >= 11 is 0. The number of carboxylic acid groups (broad SMARTS) is 1. The van der Waals surface area contributed by atoms with Crippen molar-refractivity contribution in [3.05, 3.63) is 12.4 Å². The molecule has 0 saturated carbocycles. The van der Waals surface area contributed by atoms with Gasteiger partial charge in [0.1, 0.15) is 6.54 Å². The lowest BCUT2D eigenvalue weighted by molar-refractivity contribution is -0.137. The first-order valence-corrected chi connectivity index (χ1v) is 7.29. The van der Waals surface area contributed by atoms with Crippen LogP contribution in [0.15, 0.2) is 12.4 Å². The Kier molecular flexibility index (Phi) is 5.32. The van der Waals surface area contributed by atoms with E-state index in [9.17, 15) is 9.59 Å². The molecule has 1 aliphatic heterocycles. The van der Waals surface area contributed by atoms with Crippen LogP contribution in [0.25, 0.3) is 0 Å². The van der Waals surface area contributed by atoms with E-state index in [1.807, 2.05) is 0 Å². The summed E-state index contributed by atoms with van der Waals surface area (Å²) < 4.78 is 1.28. The summed E-state index contributed by atoms with van der Waals surface area (Å²) in [6.07, 6.45) is 5.79. The van der Waals surface area contributed by atoms with Crippen LogP contribution < -0.4 is 10.6 Å². The van der Waals surface area contributed by atoms with Crippen molar-refractivity contribution in [2.75, 3.05) is 18.4 Å². The zero-order valence-electron chi connectivity index (χ0n) is 12.2. The highest BCUT2D eigenvalue weighted by Crippen LogP contribution is 2.22. The molecule has 0 radical (unpaired) electrons. The second-order valence-electron chi connectivity index (χ2n) is 5.66. The van der Waals surface area contributed by atoms with Gasteiger partial charge in [-0.2, -0.15) is 5.10 Å². The number of amides is 1. The van der Waals surface area contributed by atoms with E-state index in [0.717, 1.165) is 19.5 Å². The highest BCUT2D eigenvalue weighted by molar-refractivity contribution is 5.90. The molecule has 2 rings (SSSR count). The van der Waals surface area contributed by atoms with Crippen LogP contribution in [-0.2, 0) is 16.1 Å². The number of nitrogens with one attached hydrogen (secondary N) is 2. The molecule has 116 valence electrons. The number of carbonyl (C=O) groups excluding carboxylic acids is 1. The number of carbonyl (C=O) groups is 2. The third-order valence-electron chi connectivity index (χ3n) is 3.86. The lowest BCUT2D eigenvalue weighted by Gasteiger charge is -2.27. The maximum Gasteiger partial charge on any atom is 0.325 e. The minimum atomic E-state index is -0.964. The zero-order chi connectivity index (χ0) is 15.2. The van der Waals surface area contributed by atoms with Crippen molar-refractivity contribution in [2.24, 2.45) is 11.8 Å². The van der Waals surface area contributed by atoms with Crippen LogP contribution in [0.4, 0.5) is 5.69 Å². The van der Waals surface area contributed by atoms with E-state index in [0.29, 0.717) is 23.9 Å². The maximum atomic E-state index is 12.0. The van der Waals surface area contributed by atoms with Crippen LogP contribution in [0.2, 0.25) is 0 Å². The molecule has 3 N–H and O–H groups in total. The highest BCUT2D eigenvalue weighted by atomic mass is 16.4. The molecule has 0 bridgehead atoms. The molecule has 0 spiro atoms. The molecule has 2 unspecified atom stereocenters. The molecule has 1 amide bonds. The summed E-state index contributed by atoms with van der Waals surface area (Å²) in [7, 11) is 0. The van der Waals surface area contributed by atoms with Crippen molar-refractivity contribution in [2.45, 2.75) is 32.7 Å². The van der Waals surface area contributed by atoms with E-state index >= 15 is 0 Å². The fraction of sp³-hybridized carbons (Fsp3) is 0.643. The molecule has 2 atom stereocenters. The van der Waals surface area contributed by atoms with Gasteiger partial charge in [-0.25, -0.2) is 0 Å². The molecule has 1 aliphatic rings. The van der Waals surface area contributed by atoms with E-state index < -0.39 is 5.97 Å². The Morgan fingerprint density at radius 1 is 1.62 bits per heavy atom. The van der Waals surface area contributed by atoms with Crippen LogP contribution in [0.5, 0.6) is 0 Å². The minimum Gasteiger partial charge on any atom is -0.480 e. The summed E-state index contributed by atoms with van der Waals surface area (Å²) in [6.45, 7) is 3.94. The number of nitrogens with zero attached hydrogens (tertiary/aromatic N) is 2. The molecule has 1 saturated heterocycles. The largest absolute Gasteiger partial charge is 0.480 e. The van der Waals surface area contributed by atoms with Crippen molar-refractivity contribution in [3.8, 4) is 0 Å². The number of carboxylic acids is 1. The Bertz CT molecular complexity index is 494. The van der Waals surface area contributed by atoms with Gasteiger partial charge in [0, 0.05) is 12.6 Å². The highest BCUT2D eigenvalue weighted by Gasteiger charge is 2.22. The Morgan fingerprint density at radius 3 is 3.10 bits per heavy atom. The molecule has 0 aliphatic carbocycles. The van der Waals surface area contributed by atoms with E-state index in [2.05, 4.69) is 22.7 Å². The predicted molar refractivity (Wildman–Crippen MR) is 77.9 cm³/mol. The molecule has 0 aromatic carbocycles. The second-order valence-corrected chi connectivity index (χ2v) is 5.66. The van der Waals surface area contributed by atoms with Crippen molar-refractivity contribution in [3.63, 3.8) is 0 Å². The van der Waals surface area contributed by atoms with Gasteiger partial charge in [-0.05, 0) is 37.8 Å². The average molecular weight is 294 g/mol. The molecule has 1 fully saturated rings. The summed E-state index contributed by atoms with van der Waals surface area (Å²) in [4.78, 5) is 22.6. The van der Waals surface area contributed by atoms with Crippen molar-refractivity contribution in [1.29, 1.82) is 0 Å². The van der Waals surface area contributed by atoms with Gasteiger partial charge in [0.2, 0.25) is 5.91 Å². The van der Waals surface area contributed by atoms with Crippen LogP contribution >= 0.6 is 0 Å². The van der Waals surface area contributed by atoms with E-state index in [1.54, 1.807) is 0 Å². The summed E-state index contributed by atoms with van der Waals surface area (Å²) in [5.74, 6) is -0.150. The summed E-state index contributed by atoms with van der Waals surface area (Å²) in [5, 5.41) is 18.7. The van der Waals surface area contributed by atoms with E-state index in [-0.39, 0.29) is 12.5 Å². The topological polar surface area (TPSA) is 96.2 Å². The number of aliphatic carboxylic acids is 1. The average Bonchev–Trinajstić information content (AvgIpc) is 2.85. The van der Waals surface area contributed by atoms with Crippen LogP contribution in [-0.4, -0.2) is 39.9 Å². The lowest BCUT2D eigenvalue weighted by atomic mass is 9.85. The van der Waals surface area contributed by atoms with E-state index in [1.165, 1.54) is 23.5 Å². The molecule has 2 heterocycles. The quantitative estimate of drug-likeness (QED) is 0.725. The van der Waals surface area contributed by atoms with Gasteiger partial charge >= 0.3 is 5.97 Å². The number of hydrogen-bond acceptors (Lipinski definition) is 4. The molecule has 21 heavy (non-hydrogen) atoms. The van der Waals surface area contributed by atoms with Crippen LogP contribution in [0.1, 0.15) is 26.2 Å². The fourth-order valence-electron chi connectivity index (χ4n) is 2.69. The normalized spacial score (nSPS) is 20.0. The monoisotopic (exact) mass is 294 g/mol. The van der Waals surface area contributed by atoms with Crippen molar-refractivity contribution in [1.82, 2.24) is 15.1 Å². The Labute approximate surface area is 123 Å². The Hall–Kier alpha value is -1.89. The maximum absolute atomic E-state index is 12.0. The number of hydrogen-bond donors (Lipinski definition) is 3. The van der Waals surface area contributed by atoms with Gasteiger partial charge in [0.15, 0.2) is 0 Å². The molecular formula is C14H22N4O3. The number of aromatic nitrogens is 2. The fourth-order valence-corrected chi connectivity index (χ4v) is 2.69. The minimum absolute atomic E-state index is 0.0528. The first-order chi connectivity index (χ1) is 10.0. The van der Waals surface area contributed by atoms with Gasteiger partial charge in [-0.3, -0.25) is 14.3 Å². The SMILES string of the molecule is CC(CC(=O)Nc1cnn(CC(=O)O)c1)C1CCCNC1. The van der Waals surface area contributed by atoms with Gasteiger partial charge < -0.3 is 15.7 Å². The number of anilines is 1. The predicted octanol–water partition coefficient (Wildman–Crippen LogP) is 0.932. The van der Waals surface area contributed by atoms with Gasteiger partial charge in [-0.1, -0.05) is 6.92 Å². The first-order valence-electron chi connectivity index (χ1n) is 7.29. The van der Waals surface area contributed by atoms with E-state index in [4.69, 9.17) is 5.11 Å². The molecule has 7 nitrogen and oxygen atoms in total. The summed E-state index contributed by atoms with van der Waals surface area (Å²) in [5.41, 5.74) is 0.537. The molecule has 1 aromatic heterocycles. The standard InChI is InChI=1S/C14H22N4O3/c1-10(11-3-2-4-15-6-11)5-13(19)17-12-7-16-18(8-12)9-14(20)21/h7-8,10-11,15H,2-6,9H2,1H3,(H,17,19)(H,20,21). The zero-order valence-corrected chi connectivity index (χ0v) is 12.2. The molecule has 7 heteroatoms. The lowest BCUT2D eigenvalue weighted by Crippen LogP contribution is -2.34. The van der Waals surface area contributed by atoms with Gasteiger partial charge in [0.05, 0.1) is 11.9 Å². The molecule has 1 aromatic rings. The number of rotatable bonds is 6. The number of piperidine rings is 1. The smallest absolute Gasteiger partial charge is 0.325 e. The Balaban J connectivity index is 1.80. The third-order valence-corrected chi connectivity index (χ3v) is 3.86. The van der Waals surface area contributed by atoms with Crippen LogP contribution in [0.3, 0.4) is 0 Å². The van der Waals surface area contributed by atoms with Crippen LogP contribution in [0, 0.1) is 11.8 Å². The second kappa shape index (κ2) is 7.21. The third kappa shape index (κ3) is 4.86. The van der Waals surface area contributed by atoms with Gasteiger partial charge in [0.25, 0.3) is 0 Å². The molecular weight excluding hydrogens is 272 g/mol. The summed E-state index contributed by atoms with van der Waals surface area (Å²) in [6, 6.07) is 0.